The second kappa shape index (κ2) is 10.2. The first-order valence-electron chi connectivity index (χ1n) is 11.0. The Kier molecular flexibility index (Phi) is 6.90. The molecule has 4 rings (SSSR count). The van der Waals surface area contributed by atoms with E-state index in [4.69, 9.17) is 9.15 Å². The normalized spacial score (nSPS) is 14.7. The maximum atomic E-state index is 13.6. The Morgan fingerprint density at radius 1 is 1.03 bits per heavy atom. The minimum absolute atomic E-state index is 0.139. The van der Waals surface area contributed by atoms with Crippen LogP contribution in [-0.2, 0) is 11.3 Å². The summed E-state index contributed by atoms with van der Waals surface area (Å²) in [6.07, 6.45) is 5.61. The largest absolute Gasteiger partial charge is 0.496 e. The Labute approximate surface area is 188 Å². The van der Waals surface area contributed by atoms with Crippen molar-refractivity contribution in [3.63, 3.8) is 0 Å². The minimum atomic E-state index is -0.806. The summed E-state index contributed by atoms with van der Waals surface area (Å²) < 4.78 is 10.9. The highest BCUT2D eigenvalue weighted by atomic mass is 16.5. The van der Waals surface area contributed by atoms with Crippen molar-refractivity contribution in [1.82, 2.24) is 10.2 Å². The van der Waals surface area contributed by atoms with Gasteiger partial charge in [0.05, 0.1) is 19.9 Å². The number of para-hydroxylation sites is 1. The van der Waals surface area contributed by atoms with Gasteiger partial charge >= 0.3 is 0 Å². The van der Waals surface area contributed by atoms with Crippen LogP contribution in [0.3, 0.4) is 0 Å². The van der Waals surface area contributed by atoms with Gasteiger partial charge in [-0.15, -0.1) is 0 Å². The molecule has 0 spiro atoms. The number of furan rings is 1. The van der Waals surface area contributed by atoms with Crippen molar-refractivity contribution in [1.29, 1.82) is 0 Å². The molecule has 1 saturated carbocycles. The van der Waals surface area contributed by atoms with E-state index in [-0.39, 0.29) is 30.2 Å². The zero-order valence-corrected chi connectivity index (χ0v) is 18.2. The van der Waals surface area contributed by atoms with Gasteiger partial charge in [-0.05, 0) is 36.6 Å². The van der Waals surface area contributed by atoms with Crippen molar-refractivity contribution in [2.75, 3.05) is 7.11 Å². The predicted octanol–water partition coefficient (Wildman–Crippen LogP) is 4.73. The van der Waals surface area contributed by atoms with Gasteiger partial charge in [-0.2, -0.15) is 0 Å². The van der Waals surface area contributed by atoms with E-state index in [1.54, 1.807) is 24.1 Å². The first-order chi connectivity index (χ1) is 15.7. The first-order valence-corrected chi connectivity index (χ1v) is 11.0. The number of nitrogens with one attached hydrogen (secondary N) is 1. The van der Waals surface area contributed by atoms with Gasteiger partial charge in [-0.3, -0.25) is 9.59 Å². The number of carbonyl (C=O) groups excluding carboxylic acids is 2. The summed E-state index contributed by atoms with van der Waals surface area (Å²) in [5, 5.41) is 3.18. The number of amides is 2. The van der Waals surface area contributed by atoms with Crippen LogP contribution in [0, 0.1) is 0 Å². The van der Waals surface area contributed by atoms with E-state index in [2.05, 4.69) is 5.32 Å². The van der Waals surface area contributed by atoms with Crippen LogP contribution in [0.2, 0.25) is 0 Å². The summed E-state index contributed by atoms with van der Waals surface area (Å²) in [5.41, 5.74) is 1.56. The molecular formula is C26H28N2O4. The first kappa shape index (κ1) is 21.7. The molecule has 32 heavy (non-hydrogen) atoms. The number of ether oxygens (including phenoxy) is 1. The molecule has 0 bridgehead atoms. The third-order valence-corrected chi connectivity index (χ3v) is 5.90. The predicted molar refractivity (Wildman–Crippen MR) is 121 cm³/mol. The number of hydrogen-bond donors (Lipinski definition) is 1. The molecule has 1 aliphatic carbocycles. The van der Waals surface area contributed by atoms with E-state index >= 15 is 0 Å². The summed E-state index contributed by atoms with van der Waals surface area (Å²) in [6, 6.07) is 19.6. The minimum Gasteiger partial charge on any atom is -0.496 e. The van der Waals surface area contributed by atoms with Crippen molar-refractivity contribution in [2.45, 2.75) is 44.3 Å². The van der Waals surface area contributed by atoms with Crippen LogP contribution >= 0.6 is 0 Å². The van der Waals surface area contributed by atoms with Gasteiger partial charge in [-0.25, -0.2) is 0 Å². The number of rotatable bonds is 8. The average Bonchev–Trinajstić information content (AvgIpc) is 3.54. The Balaban J connectivity index is 1.74. The quantitative estimate of drug-likeness (QED) is 0.559. The van der Waals surface area contributed by atoms with Crippen LogP contribution in [0.15, 0.2) is 77.4 Å². The molecule has 0 aliphatic heterocycles. The average molecular weight is 433 g/mol. The fourth-order valence-electron chi connectivity index (χ4n) is 4.30. The molecular weight excluding hydrogens is 404 g/mol. The van der Waals surface area contributed by atoms with Crippen LogP contribution in [0.5, 0.6) is 5.75 Å². The number of carbonyl (C=O) groups is 2. The molecule has 1 N–H and O–H groups in total. The zero-order valence-electron chi connectivity index (χ0n) is 18.2. The lowest BCUT2D eigenvalue weighted by Crippen LogP contribution is -2.45. The SMILES string of the molecule is COc1ccccc1CN(C(=O)c1ccco1)C(C(=O)NC1CCCC1)c1ccccc1. The zero-order chi connectivity index (χ0) is 22.3. The van der Waals surface area contributed by atoms with Crippen molar-refractivity contribution in [3.05, 3.63) is 89.9 Å². The van der Waals surface area contributed by atoms with Crippen LogP contribution in [0.1, 0.15) is 53.4 Å². The van der Waals surface area contributed by atoms with E-state index < -0.39 is 6.04 Å². The topological polar surface area (TPSA) is 71.8 Å². The van der Waals surface area contributed by atoms with Crippen molar-refractivity contribution in [2.24, 2.45) is 0 Å². The maximum Gasteiger partial charge on any atom is 0.290 e. The Morgan fingerprint density at radius 2 is 1.75 bits per heavy atom. The van der Waals surface area contributed by atoms with E-state index in [0.29, 0.717) is 5.75 Å². The smallest absolute Gasteiger partial charge is 0.290 e. The molecule has 0 saturated heterocycles. The lowest BCUT2D eigenvalue weighted by molar-refractivity contribution is -0.126. The highest BCUT2D eigenvalue weighted by molar-refractivity contribution is 5.96. The molecule has 6 nitrogen and oxygen atoms in total. The Morgan fingerprint density at radius 3 is 2.44 bits per heavy atom. The second-order valence-electron chi connectivity index (χ2n) is 8.03. The van der Waals surface area contributed by atoms with Crippen LogP contribution in [0.25, 0.3) is 0 Å². The molecule has 3 aromatic rings. The maximum absolute atomic E-state index is 13.6. The van der Waals surface area contributed by atoms with E-state index in [0.717, 1.165) is 36.8 Å². The van der Waals surface area contributed by atoms with Gasteiger partial charge in [-0.1, -0.05) is 61.4 Å². The third-order valence-electron chi connectivity index (χ3n) is 5.90. The molecule has 1 aliphatic rings. The lowest BCUT2D eigenvalue weighted by atomic mass is 10.0. The number of nitrogens with zero attached hydrogens (tertiary/aromatic N) is 1. The highest BCUT2D eigenvalue weighted by Crippen LogP contribution is 2.29. The van der Waals surface area contributed by atoms with Gasteiger partial charge in [0, 0.05) is 11.6 Å². The van der Waals surface area contributed by atoms with Crippen molar-refractivity contribution < 1.29 is 18.7 Å². The fourth-order valence-corrected chi connectivity index (χ4v) is 4.30. The third kappa shape index (κ3) is 4.85. The number of methoxy groups -OCH3 is 1. The van der Waals surface area contributed by atoms with Gasteiger partial charge in [0.25, 0.3) is 5.91 Å². The number of hydrogen-bond acceptors (Lipinski definition) is 4. The van der Waals surface area contributed by atoms with Crippen molar-refractivity contribution in [3.8, 4) is 5.75 Å². The fraction of sp³-hybridized carbons (Fsp3) is 0.308. The molecule has 1 fully saturated rings. The molecule has 6 heteroatoms. The van der Waals surface area contributed by atoms with E-state index in [9.17, 15) is 9.59 Å². The Hall–Kier alpha value is -3.54. The molecule has 2 aromatic carbocycles. The van der Waals surface area contributed by atoms with Crippen LogP contribution in [-0.4, -0.2) is 29.9 Å². The molecule has 166 valence electrons. The summed E-state index contributed by atoms with van der Waals surface area (Å²) in [5.74, 6) is 0.316. The van der Waals surface area contributed by atoms with Crippen molar-refractivity contribution >= 4 is 11.8 Å². The van der Waals surface area contributed by atoms with Crippen LogP contribution < -0.4 is 10.1 Å². The molecule has 2 amide bonds. The molecule has 0 radical (unpaired) electrons. The summed E-state index contributed by atoms with van der Waals surface area (Å²) in [7, 11) is 1.60. The molecule has 1 unspecified atom stereocenters. The second-order valence-corrected chi connectivity index (χ2v) is 8.03. The van der Waals surface area contributed by atoms with E-state index in [1.807, 2.05) is 54.6 Å². The highest BCUT2D eigenvalue weighted by Gasteiger charge is 2.35. The monoisotopic (exact) mass is 432 g/mol. The molecule has 1 heterocycles. The van der Waals surface area contributed by atoms with E-state index in [1.165, 1.54) is 6.26 Å². The molecule has 1 aromatic heterocycles. The lowest BCUT2D eigenvalue weighted by Gasteiger charge is -2.32. The molecule has 1 atom stereocenters. The van der Waals surface area contributed by atoms with Crippen LogP contribution in [0.4, 0.5) is 0 Å². The van der Waals surface area contributed by atoms with Gasteiger partial charge in [0.15, 0.2) is 5.76 Å². The van der Waals surface area contributed by atoms with Gasteiger partial charge in [0.2, 0.25) is 5.91 Å². The standard InChI is InChI=1S/C26H28N2O4/c1-31-22-15-8-5-12-20(22)18-28(26(30)23-16-9-17-32-23)24(19-10-3-2-4-11-19)25(29)27-21-13-6-7-14-21/h2-5,8-12,15-17,21,24H,6-7,13-14,18H2,1H3,(H,27,29). The number of benzene rings is 2. The Bertz CT molecular complexity index is 1030. The summed E-state index contributed by atoms with van der Waals surface area (Å²) >= 11 is 0. The summed E-state index contributed by atoms with van der Waals surface area (Å²) in [6.45, 7) is 0.196. The van der Waals surface area contributed by atoms with Gasteiger partial charge < -0.3 is 19.4 Å². The van der Waals surface area contributed by atoms with Gasteiger partial charge in [0.1, 0.15) is 11.8 Å². The summed E-state index contributed by atoms with van der Waals surface area (Å²) in [4.78, 5) is 28.7.